The van der Waals surface area contributed by atoms with Crippen molar-refractivity contribution in [2.45, 2.75) is 6.23 Å². The van der Waals surface area contributed by atoms with Gasteiger partial charge in [0.2, 0.25) is 0 Å². The first-order valence-corrected chi connectivity index (χ1v) is 2.28. The predicted molar refractivity (Wildman–Crippen MR) is 27.4 cm³/mol. The van der Waals surface area contributed by atoms with Crippen molar-refractivity contribution in [2.75, 3.05) is 0 Å². The first-order valence-electron chi connectivity index (χ1n) is 2.28. The van der Waals surface area contributed by atoms with E-state index >= 15 is 0 Å². The number of nitrogens with one attached hydrogen (secondary N) is 1. The van der Waals surface area contributed by atoms with Gasteiger partial charge in [0.25, 0.3) is 0 Å². The van der Waals surface area contributed by atoms with E-state index in [4.69, 9.17) is 0 Å². The number of allylic oxidation sites excluding steroid dienone is 2. The van der Waals surface area contributed by atoms with Crippen molar-refractivity contribution in [3.05, 3.63) is 24.5 Å². The van der Waals surface area contributed by atoms with Crippen molar-refractivity contribution in [3.63, 3.8) is 0 Å². The number of hydrogen-bond donors (Lipinski definition) is 1. The molecule has 0 saturated heterocycles. The fourth-order valence-corrected chi connectivity index (χ4v) is 0.448. The molecule has 0 fully saturated rings. The molecule has 0 saturated carbocycles. The van der Waals surface area contributed by atoms with Crippen molar-refractivity contribution in [2.24, 2.45) is 0 Å². The second-order valence-corrected chi connectivity index (χ2v) is 1.38. The lowest BCUT2D eigenvalue weighted by molar-refractivity contribution is 0.0829. The maximum absolute atomic E-state index is 11.4. The summed E-state index contributed by atoms with van der Waals surface area (Å²) in [7, 11) is 0. The van der Waals surface area contributed by atoms with Crippen LogP contribution in [0.5, 0.6) is 0 Å². The van der Waals surface area contributed by atoms with Crippen molar-refractivity contribution < 1.29 is 9.22 Å². The summed E-state index contributed by atoms with van der Waals surface area (Å²) >= 11 is 0. The van der Waals surface area contributed by atoms with Gasteiger partial charge in [-0.2, -0.15) is 0 Å². The molecular formula is C5H6FNO. The highest BCUT2D eigenvalue weighted by Crippen LogP contribution is 1.97. The van der Waals surface area contributed by atoms with Crippen molar-refractivity contribution in [1.82, 2.24) is 5.54 Å². The molecule has 1 N–H and O–H groups in total. The normalized spacial score (nSPS) is 25.4. The van der Waals surface area contributed by atoms with Crippen LogP contribution in [-0.2, 0) is 4.74 Å². The Labute approximate surface area is 46.6 Å². The minimum atomic E-state index is -0.597. The van der Waals surface area contributed by atoms with Crippen LogP contribution in [0.3, 0.4) is 0 Å². The van der Waals surface area contributed by atoms with E-state index in [0.29, 0.717) is 0 Å². The number of halogens is 1. The van der Waals surface area contributed by atoms with Crippen molar-refractivity contribution in [1.29, 1.82) is 0 Å². The van der Waals surface area contributed by atoms with Gasteiger partial charge in [-0.1, -0.05) is 6.08 Å². The van der Waals surface area contributed by atoms with Gasteiger partial charge in [0.15, 0.2) is 6.23 Å². The van der Waals surface area contributed by atoms with Gasteiger partial charge < -0.3 is 4.74 Å². The molecule has 1 atom stereocenters. The van der Waals surface area contributed by atoms with Gasteiger partial charge in [-0.05, 0) is 12.2 Å². The number of ether oxygens (including phenoxy) is 1. The van der Waals surface area contributed by atoms with E-state index in [0.717, 1.165) is 0 Å². The average Bonchev–Trinajstić information content (AvgIpc) is 1.90. The Morgan fingerprint density at radius 3 is 2.75 bits per heavy atom. The van der Waals surface area contributed by atoms with Crippen LogP contribution in [0.1, 0.15) is 0 Å². The fraction of sp³-hybridized carbons (Fsp3) is 0.200. The monoisotopic (exact) mass is 115 g/mol. The van der Waals surface area contributed by atoms with E-state index in [1.54, 1.807) is 18.2 Å². The molecule has 0 aromatic heterocycles. The molecule has 1 rings (SSSR count). The Balaban J connectivity index is 2.40. The second kappa shape index (κ2) is 2.47. The summed E-state index contributed by atoms with van der Waals surface area (Å²) in [5.74, 6) is 0. The Kier molecular flexibility index (Phi) is 1.64. The zero-order valence-electron chi connectivity index (χ0n) is 4.17. The summed E-state index contributed by atoms with van der Waals surface area (Å²) in [6.07, 6.45) is 5.80. The third-order valence-corrected chi connectivity index (χ3v) is 0.808. The Hall–Kier alpha value is -0.830. The highest BCUT2D eigenvalue weighted by Gasteiger charge is 2.00. The van der Waals surface area contributed by atoms with Crippen LogP contribution in [0, 0.1) is 0 Å². The van der Waals surface area contributed by atoms with Crippen LogP contribution >= 0.6 is 0 Å². The SMILES string of the molecule is FNC1C=CC=CO1. The van der Waals surface area contributed by atoms with Crippen LogP contribution in [0.4, 0.5) is 4.48 Å². The Bertz CT molecular complexity index is 122. The van der Waals surface area contributed by atoms with E-state index in [1.807, 2.05) is 0 Å². The molecular weight excluding hydrogens is 109 g/mol. The minimum Gasteiger partial charge on any atom is -0.477 e. The molecule has 44 valence electrons. The van der Waals surface area contributed by atoms with E-state index in [-0.39, 0.29) is 0 Å². The third kappa shape index (κ3) is 1.07. The largest absolute Gasteiger partial charge is 0.477 e. The fourth-order valence-electron chi connectivity index (χ4n) is 0.448. The lowest BCUT2D eigenvalue weighted by Crippen LogP contribution is -2.21. The molecule has 0 aromatic carbocycles. The van der Waals surface area contributed by atoms with Crippen LogP contribution in [0.15, 0.2) is 24.5 Å². The van der Waals surface area contributed by atoms with Crippen LogP contribution in [-0.4, -0.2) is 6.23 Å². The van der Waals surface area contributed by atoms with Crippen molar-refractivity contribution >= 4 is 0 Å². The zero-order valence-corrected chi connectivity index (χ0v) is 4.17. The summed E-state index contributed by atoms with van der Waals surface area (Å²) in [4.78, 5) is 0. The van der Waals surface area contributed by atoms with Crippen LogP contribution in [0.25, 0.3) is 0 Å². The number of hydrogen-bond acceptors (Lipinski definition) is 2. The highest BCUT2D eigenvalue weighted by atomic mass is 19.2. The van der Waals surface area contributed by atoms with E-state index in [9.17, 15) is 4.48 Å². The number of rotatable bonds is 1. The molecule has 0 amide bonds. The van der Waals surface area contributed by atoms with Gasteiger partial charge in [0.1, 0.15) is 0 Å². The highest BCUT2D eigenvalue weighted by molar-refractivity contribution is 5.06. The van der Waals surface area contributed by atoms with E-state index in [1.165, 1.54) is 11.8 Å². The van der Waals surface area contributed by atoms with E-state index < -0.39 is 6.23 Å². The molecule has 2 nitrogen and oxygen atoms in total. The molecule has 1 unspecified atom stereocenters. The summed E-state index contributed by atoms with van der Waals surface area (Å²) in [6, 6.07) is 0. The Morgan fingerprint density at radius 2 is 2.38 bits per heavy atom. The molecule has 1 aliphatic heterocycles. The lowest BCUT2D eigenvalue weighted by atomic mass is 10.4. The molecule has 0 spiro atoms. The molecule has 1 heterocycles. The maximum atomic E-state index is 11.4. The van der Waals surface area contributed by atoms with Crippen molar-refractivity contribution in [3.8, 4) is 0 Å². The quantitative estimate of drug-likeness (QED) is 0.512. The topological polar surface area (TPSA) is 21.3 Å². The van der Waals surface area contributed by atoms with Crippen LogP contribution < -0.4 is 5.54 Å². The van der Waals surface area contributed by atoms with Gasteiger partial charge in [-0.15, -0.1) is 10.0 Å². The average molecular weight is 115 g/mol. The summed E-state index contributed by atoms with van der Waals surface area (Å²) in [5, 5.41) is 0. The predicted octanol–water partition coefficient (Wildman–Crippen LogP) is 0.887. The third-order valence-electron chi connectivity index (χ3n) is 0.808. The first kappa shape index (κ1) is 5.31. The molecule has 1 aliphatic rings. The molecule has 0 aliphatic carbocycles. The summed E-state index contributed by atoms with van der Waals surface area (Å²) in [5.41, 5.74) is 1.44. The van der Waals surface area contributed by atoms with Gasteiger partial charge in [-0.3, -0.25) is 0 Å². The maximum Gasteiger partial charge on any atom is 0.194 e. The van der Waals surface area contributed by atoms with Gasteiger partial charge in [0, 0.05) is 0 Å². The summed E-state index contributed by atoms with van der Waals surface area (Å²) in [6.45, 7) is 0. The molecule has 0 radical (unpaired) electrons. The molecule has 0 aromatic rings. The second-order valence-electron chi connectivity index (χ2n) is 1.38. The van der Waals surface area contributed by atoms with Crippen LogP contribution in [0.2, 0.25) is 0 Å². The van der Waals surface area contributed by atoms with Gasteiger partial charge in [0.05, 0.1) is 6.26 Å². The molecule has 0 bridgehead atoms. The van der Waals surface area contributed by atoms with Gasteiger partial charge >= 0.3 is 0 Å². The van der Waals surface area contributed by atoms with E-state index in [2.05, 4.69) is 4.74 Å². The lowest BCUT2D eigenvalue weighted by Gasteiger charge is -2.09. The van der Waals surface area contributed by atoms with Gasteiger partial charge in [-0.25, -0.2) is 0 Å². The molecule has 8 heavy (non-hydrogen) atoms. The first-order chi connectivity index (χ1) is 3.93. The molecule has 3 heteroatoms. The zero-order chi connectivity index (χ0) is 5.82. The summed E-state index contributed by atoms with van der Waals surface area (Å²) < 4.78 is 16.1. The Morgan fingerprint density at radius 1 is 1.50 bits per heavy atom. The minimum absolute atomic E-state index is 0.597. The standard InChI is InChI=1S/C5H6FNO/c6-7-5-3-1-2-4-8-5/h1-5,7H. The smallest absolute Gasteiger partial charge is 0.194 e.